The number of aromatic nitrogens is 2. The molecule has 0 saturated carbocycles. The molecule has 5 heteroatoms. The van der Waals surface area contributed by atoms with E-state index in [1.54, 1.807) is 13.2 Å². The van der Waals surface area contributed by atoms with Gasteiger partial charge in [0.2, 0.25) is 0 Å². The predicted molar refractivity (Wildman–Crippen MR) is 87.7 cm³/mol. The molecule has 0 radical (unpaired) electrons. The van der Waals surface area contributed by atoms with Gasteiger partial charge in [0, 0.05) is 17.7 Å². The SMILES string of the molecule is COc1ccc(-n2nc(-c3cccc(F)c3)c3c2NCC3)cc1. The molecule has 0 unspecified atom stereocenters. The van der Waals surface area contributed by atoms with Gasteiger partial charge < -0.3 is 10.1 Å². The van der Waals surface area contributed by atoms with Crippen molar-refractivity contribution < 1.29 is 9.13 Å². The fourth-order valence-electron chi connectivity index (χ4n) is 2.95. The molecule has 1 N–H and O–H groups in total. The molecule has 116 valence electrons. The fourth-order valence-corrected chi connectivity index (χ4v) is 2.95. The second-order valence-corrected chi connectivity index (χ2v) is 5.47. The van der Waals surface area contributed by atoms with E-state index >= 15 is 0 Å². The molecule has 2 aromatic carbocycles. The summed E-state index contributed by atoms with van der Waals surface area (Å²) < 4.78 is 20.6. The summed E-state index contributed by atoms with van der Waals surface area (Å²) in [4.78, 5) is 0. The van der Waals surface area contributed by atoms with Crippen LogP contribution < -0.4 is 10.1 Å². The molecule has 0 amide bonds. The highest BCUT2D eigenvalue weighted by Crippen LogP contribution is 2.34. The van der Waals surface area contributed by atoms with Crippen molar-refractivity contribution in [3.63, 3.8) is 0 Å². The quantitative estimate of drug-likeness (QED) is 0.802. The van der Waals surface area contributed by atoms with Crippen molar-refractivity contribution in [1.82, 2.24) is 9.78 Å². The molecule has 4 nitrogen and oxygen atoms in total. The normalized spacial score (nSPS) is 12.8. The summed E-state index contributed by atoms with van der Waals surface area (Å²) >= 11 is 0. The summed E-state index contributed by atoms with van der Waals surface area (Å²) in [6.07, 6.45) is 0.886. The molecule has 1 aliphatic rings. The highest BCUT2D eigenvalue weighted by Gasteiger charge is 2.24. The molecule has 1 aliphatic heterocycles. The maximum atomic E-state index is 13.6. The third kappa shape index (κ3) is 2.34. The Morgan fingerprint density at radius 3 is 2.74 bits per heavy atom. The Balaban J connectivity index is 1.84. The minimum absolute atomic E-state index is 0.249. The van der Waals surface area contributed by atoms with Gasteiger partial charge in [0.15, 0.2) is 0 Å². The number of hydrogen-bond acceptors (Lipinski definition) is 3. The molecule has 1 aromatic heterocycles. The summed E-state index contributed by atoms with van der Waals surface area (Å²) in [5.41, 5.74) is 3.71. The van der Waals surface area contributed by atoms with E-state index in [0.29, 0.717) is 0 Å². The van der Waals surface area contributed by atoms with Crippen LogP contribution in [0, 0.1) is 5.82 Å². The average Bonchev–Trinajstić information content (AvgIpc) is 3.17. The predicted octanol–water partition coefficient (Wildman–Crippen LogP) is 3.66. The molecule has 0 saturated heterocycles. The van der Waals surface area contributed by atoms with Crippen molar-refractivity contribution >= 4 is 5.82 Å². The Bertz CT molecular complexity index is 855. The van der Waals surface area contributed by atoms with E-state index in [1.165, 1.54) is 12.1 Å². The Morgan fingerprint density at radius 2 is 2.00 bits per heavy atom. The van der Waals surface area contributed by atoms with Gasteiger partial charge in [-0.3, -0.25) is 0 Å². The van der Waals surface area contributed by atoms with Crippen LogP contribution in [0.1, 0.15) is 5.56 Å². The second kappa shape index (κ2) is 5.43. The molecule has 2 heterocycles. The van der Waals surface area contributed by atoms with Crippen molar-refractivity contribution in [2.75, 3.05) is 19.0 Å². The summed E-state index contributed by atoms with van der Waals surface area (Å²) in [6.45, 7) is 0.867. The number of fused-ring (bicyclic) bond motifs is 1. The first-order chi connectivity index (χ1) is 11.3. The first-order valence-electron chi connectivity index (χ1n) is 7.52. The van der Waals surface area contributed by atoms with Gasteiger partial charge in [-0.05, 0) is 42.8 Å². The zero-order chi connectivity index (χ0) is 15.8. The van der Waals surface area contributed by atoms with Gasteiger partial charge in [-0.25, -0.2) is 9.07 Å². The lowest BCUT2D eigenvalue weighted by Crippen LogP contribution is -2.04. The van der Waals surface area contributed by atoms with Crippen LogP contribution in [0.2, 0.25) is 0 Å². The lowest BCUT2D eigenvalue weighted by Gasteiger charge is -2.07. The van der Waals surface area contributed by atoms with Crippen molar-refractivity contribution in [3.8, 4) is 22.7 Å². The van der Waals surface area contributed by atoms with E-state index in [-0.39, 0.29) is 5.82 Å². The van der Waals surface area contributed by atoms with Gasteiger partial charge in [0.05, 0.1) is 18.5 Å². The molecule has 0 atom stereocenters. The Kier molecular flexibility index (Phi) is 3.26. The molecule has 23 heavy (non-hydrogen) atoms. The van der Waals surface area contributed by atoms with Crippen molar-refractivity contribution in [1.29, 1.82) is 0 Å². The third-order valence-corrected chi connectivity index (χ3v) is 4.07. The molecule has 0 bridgehead atoms. The number of methoxy groups -OCH3 is 1. The van der Waals surface area contributed by atoms with E-state index in [2.05, 4.69) is 5.32 Å². The zero-order valence-corrected chi connectivity index (χ0v) is 12.7. The van der Waals surface area contributed by atoms with Crippen LogP contribution in [-0.4, -0.2) is 23.4 Å². The number of rotatable bonds is 3. The van der Waals surface area contributed by atoms with Crippen molar-refractivity contribution in [2.24, 2.45) is 0 Å². The minimum atomic E-state index is -0.249. The number of nitrogens with one attached hydrogen (secondary N) is 1. The molecule has 4 rings (SSSR count). The van der Waals surface area contributed by atoms with Gasteiger partial charge in [-0.15, -0.1) is 0 Å². The highest BCUT2D eigenvalue weighted by atomic mass is 19.1. The highest BCUT2D eigenvalue weighted by molar-refractivity contribution is 5.72. The third-order valence-electron chi connectivity index (χ3n) is 4.07. The second-order valence-electron chi connectivity index (χ2n) is 5.47. The molecule has 0 aliphatic carbocycles. The zero-order valence-electron chi connectivity index (χ0n) is 12.7. The Hall–Kier alpha value is -2.82. The summed E-state index contributed by atoms with van der Waals surface area (Å²) in [5.74, 6) is 1.53. The van der Waals surface area contributed by atoms with Crippen LogP contribution in [0.15, 0.2) is 48.5 Å². The van der Waals surface area contributed by atoms with E-state index in [9.17, 15) is 4.39 Å². The monoisotopic (exact) mass is 309 g/mol. The Morgan fingerprint density at radius 1 is 1.17 bits per heavy atom. The van der Waals surface area contributed by atoms with Crippen LogP contribution in [0.25, 0.3) is 16.9 Å². The number of hydrogen-bond donors (Lipinski definition) is 1. The van der Waals surface area contributed by atoms with E-state index in [0.717, 1.165) is 47.0 Å². The Labute approximate surface area is 133 Å². The minimum Gasteiger partial charge on any atom is -0.497 e. The van der Waals surface area contributed by atoms with Gasteiger partial charge in [-0.1, -0.05) is 12.1 Å². The summed E-state index contributed by atoms with van der Waals surface area (Å²) in [7, 11) is 1.64. The number of ether oxygens (including phenoxy) is 1. The number of anilines is 1. The van der Waals surface area contributed by atoms with Crippen LogP contribution in [0.3, 0.4) is 0 Å². The lowest BCUT2D eigenvalue weighted by atomic mass is 10.1. The molecule has 3 aromatic rings. The first kappa shape index (κ1) is 13.8. The molecular weight excluding hydrogens is 293 g/mol. The number of halogens is 1. The van der Waals surface area contributed by atoms with E-state index < -0.39 is 0 Å². The van der Waals surface area contributed by atoms with Gasteiger partial charge in [-0.2, -0.15) is 5.10 Å². The van der Waals surface area contributed by atoms with Gasteiger partial charge >= 0.3 is 0 Å². The van der Waals surface area contributed by atoms with Gasteiger partial charge in [0.1, 0.15) is 17.4 Å². The number of benzene rings is 2. The van der Waals surface area contributed by atoms with E-state index in [1.807, 2.05) is 35.0 Å². The average molecular weight is 309 g/mol. The number of nitrogens with zero attached hydrogens (tertiary/aromatic N) is 2. The van der Waals surface area contributed by atoms with Crippen LogP contribution in [0.5, 0.6) is 5.75 Å². The molecule has 0 fully saturated rings. The maximum Gasteiger partial charge on any atom is 0.133 e. The van der Waals surface area contributed by atoms with Crippen molar-refractivity contribution in [2.45, 2.75) is 6.42 Å². The molecular formula is C18H16FN3O. The fraction of sp³-hybridized carbons (Fsp3) is 0.167. The van der Waals surface area contributed by atoms with Crippen LogP contribution >= 0.6 is 0 Å². The topological polar surface area (TPSA) is 39.1 Å². The summed E-state index contributed by atoms with van der Waals surface area (Å²) in [5, 5.41) is 8.09. The molecule has 0 spiro atoms. The maximum absolute atomic E-state index is 13.6. The van der Waals surface area contributed by atoms with Crippen LogP contribution in [0.4, 0.5) is 10.2 Å². The largest absolute Gasteiger partial charge is 0.497 e. The van der Waals surface area contributed by atoms with Crippen LogP contribution in [-0.2, 0) is 6.42 Å². The smallest absolute Gasteiger partial charge is 0.133 e. The summed E-state index contributed by atoms with van der Waals surface area (Å²) in [6, 6.07) is 14.3. The van der Waals surface area contributed by atoms with Crippen molar-refractivity contribution in [3.05, 3.63) is 59.9 Å². The van der Waals surface area contributed by atoms with Gasteiger partial charge in [0.25, 0.3) is 0 Å². The lowest BCUT2D eigenvalue weighted by molar-refractivity contribution is 0.414. The standard InChI is InChI=1S/C18H16FN3O/c1-23-15-7-5-14(6-8-15)22-18-16(9-10-20-18)17(21-22)12-3-2-4-13(19)11-12/h2-8,11,20H,9-10H2,1H3. The first-order valence-corrected chi connectivity index (χ1v) is 7.52. The van der Waals surface area contributed by atoms with E-state index in [4.69, 9.17) is 9.84 Å².